The first-order chi connectivity index (χ1) is 14.0. The molecule has 0 aliphatic carbocycles. The van der Waals surface area contributed by atoms with E-state index in [0.29, 0.717) is 19.0 Å². The van der Waals surface area contributed by atoms with Crippen molar-refractivity contribution >= 4 is 21.7 Å². The first kappa shape index (κ1) is 22.2. The van der Waals surface area contributed by atoms with E-state index in [2.05, 4.69) is 15.3 Å². The molecule has 2 aromatic rings. The van der Waals surface area contributed by atoms with Gasteiger partial charge in [0, 0.05) is 31.5 Å². The molecule has 30 heavy (non-hydrogen) atoms. The number of piperidine rings is 1. The molecule has 0 spiro atoms. The summed E-state index contributed by atoms with van der Waals surface area (Å²) in [6, 6.07) is 1.94. The normalized spacial score (nSPS) is 18.5. The molecule has 3 heterocycles. The molecule has 1 saturated heterocycles. The minimum absolute atomic E-state index is 0.0244. The second-order valence-corrected chi connectivity index (χ2v) is 9.26. The highest BCUT2D eigenvalue weighted by Crippen LogP contribution is 2.29. The molecule has 1 aliphatic rings. The molecule has 0 saturated carbocycles. The maximum absolute atomic E-state index is 12.9. The topological polar surface area (TPSA) is 97.2 Å². The van der Waals surface area contributed by atoms with Crippen molar-refractivity contribution in [3.63, 3.8) is 0 Å². The van der Waals surface area contributed by atoms with Crippen LogP contribution in [0.1, 0.15) is 38.3 Å². The van der Waals surface area contributed by atoms with Crippen LogP contribution in [0.25, 0.3) is 0 Å². The Morgan fingerprint density at radius 1 is 1.27 bits per heavy atom. The third kappa shape index (κ3) is 4.81. The highest BCUT2D eigenvalue weighted by molar-refractivity contribution is 7.89. The maximum Gasteiger partial charge on any atom is 0.417 e. The minimum Gasteiger partial charge on any atom is -0.334 e. The van der Waals surface area contributed by atoms with E-state index in [9.17, 15) is 26.4 Å². The van der Waals surface area contributed by atoms with Crippen molar-refractivity contribution in [1.29, 1.82) is 0 Å². The van der Waals surface area contributed by atoms with Crippen LogP contribution in [0.4, 0.5) is 19.0 Å². The number of imidazole rings is 1. The third-order valence-electron chi connectivity index (χ3n) is 4.88. The highest BCUT2D eigenvalue weighted by Gasteiger charge is 2.35. The van der Waals surface area contributed by atoms with Crippen molar-refractivity contribution < 1.29 is 26.4 Å². The van der Waals surface area contributed by atoms with Gasteiger partial charge in [-0.3, -0.25) is 4.79 Å². The predicted octanol–water partition coefficient (Wildman–Crippen LogP) is 2.92. The number of sulfonamides is 1. The first-order valence-electron chi connectivity index (χ1n) is 9.36. The summed E-state index contributed by atoms with van der Waals surface area (Å²) >= 11 is 0. The van der Waals surface area contributed by atoms with Crippen LogP contribution in [-0.2, 0) is 21.0 Å². The zero-order valence-corrected chi connectivity index (χ0v) is 17.2. The molecule has 0 aromatic carbocycles. The molecule has 1 N–H and O–H groups in total. The third-order valence-corrected chi connectivity index (χ3v) is 6.63. The van der Waals surface area contributed by atoms with Gasteiger partial charge in [-0.25, -0.2) is 18.4 Å². The van der Waals surface area contributed by atoms with Crippen LogP contribution in [0.15, 0.2) is 35.9 Å². The molecule has 2 aromatic heterocycles. The van der Waals surface area contributed by atoms with Crippen LogP contribution in [-0.4, -0.2) is 46.3 Å². The molecule has 8 nitrogen and oxygen atoms in total. The van der Waals surface area contributed by atoms with Crippen molar-refractivity contribution in [3.8, 4) is 0 Å². The van der Waals surface area contributed by atoms with Crippen molar-refractivity contribution in [3.05, 3.63) is 36.4 Å². The number of rotatable bonds is 5. The second kappa shape index (κ2) is 8.34. The Bertz CT molecular complexity index is 1000. The number of anilines is 1. The van der Waals surface area contributed by atoms with Crippen LogP contribution in [0.5, 0.6) is 0 Å². The Morgan fingerprint density at radius 3 is 2.57 bits per heavy atom. The van der Waals surface area contributed by atoms with Gasteiger partial charge < -0.3 is 9.88 Å². The number of halogens is 3. The average molecular weight is 445 g/mol. The van der Waals surface area contributed by atoms with Gasteiger partial charge in [0.25, 0.3) is 10.0 Å². The van der Waals surface area contributed by atoms with Gasteiger partial charge in [-0.1, -0.05) is 0 Å². The molecular weight excluding hydrogens is 423 g/mol. The van der Waals surface area contributed by atoms with Gasteiger partial charge in [0.2, 0.25) is 5.91 Å². The lowest BCUT2D eigenvalue weighted by molar-refractivity contribution is -0.137. The molecule has 1 aliphatic heterocycles. The molecule has 0 radical (unpaired) electrons. The van der Waals surface area contributed by atoms with E-state index < -0.39 is 33.6 Å². The van der Waals surface area contributed by atoms with Gasteiger partial charge in [0.1, 0.15) is 5.82 Å². The Balaban J connectivity index is 1.68. The fraction of sp³-hybridized carbons (Fsp3) is 0.500. The number of pyridine rings is 1. The number of amides is 1. The lowest BCUT2D eigenvalue weighted by Gasteiger charge is -2.30. The van der Waals surface area contributed by atoms with E-state index in [0.717, 1.165) is 12.1 Å². The quantitative estimate of drug-likeness (QED) is 0.763. The van der Waals surface area contributed by atoms with E-state index >= 15 is 0 Å². The van der Waals surface area contributed by atoms with Gasteiger partial charge in [-0.05, 0) is 38.8 Å². The molecule has 164 valence electrons. The molecule has 1 fully saturated rings. The van der Waals surface area contributed by atoms with E-state index in [-0.39, 0.29) is 30.0 Å². The van der Waals surface area contributed by atoms with E-state index in [1.807, 2.05) is 13.8 Å². The Kier molecular flexibility index (Phi) is 6.18. The van der Waals surface area contributed by atoms with Crippen LogP contribution in [0.3, 0.4) is 0 Å². The summed E-state index contributed by atoms with van der Waals surface area (Å²) in [5.74, 6) is -1.16. The summed E-state index contributed by atoms with van der Waals surface area (Å²) < 4.78 is 66.5. The SMILES string of the molecule is CC(C)n1cnc(S(=O)(=O)N2CCC[C@@H](C(=O)Nc3ccc(C(F)(F)F)cn3)C2)c1. The largest absolute Gasteiger partial charge is 0.417 e. The number of hydrogen-bond donors (Lipinski definition) is 1. The summed E-state index contributed by atoms with van der Waals surface area (Å²) in [6.45, 7) is 4.02. The van der Waals surface area contributed by atoms with E-state index in [1.165, 1.54) is 16.8 Å². The van der Waals surface area contributed by atoms with Gasteiger partial charge in [-0.2, -0.15) is 17.5 Å². The number of nitrogens with zero attached hydrogens (tertiary/aromatic N) is 4. The number of nitrogens with one attached hydrogen (secondary N) is 1. The smallest absolute Gasteiger partial charge is 0.334 e. The Morgan fingerprint density at radius 2 is 2.00 bits per heavy atom. The molecule has 1 amide bonds. The number of alkyl halides is 3. The molecule has 0 bridgehead atoms. The standard InChI is InChI=1S/C18H22F3N5O3S/c1-12(2)25-10-16(23-11-25)30(28,29)26-7-3-4-13(9-26)17(27)24-15-6-5-14(8-22-15)18(19,20)21/h5-6,8,10-13H,3-4,7,9H2,1-2H3,(H,22,24,27)/t13-/m1/s1. The monoisotopic (exact) mass is 445 g/mol. The van der Waals surface area contributed by atoms with Crippen molar-refractivity contribution in [1.82, 2.24) is 18.8 Å². The molecule has 0 unspecified atom stereocenters. The fourth-order valence-electron chi connectivity index (χ4n) is 3.10. The van der Waals surface area contributed by atoms with E-state index in [1.54, 1.807) is 4.57 Å². The summed E-state index contributed by atoms with van der Waals surface area (Å²) in [5.41, 5.74) is -0.920. The van der Waals surface area contributed by atoms with Crippen molar-refractivity contribution in [2.24, 2.45) is 5.92 Å². The zero-order valence-electron chi connectivity index (χ0n) is 16.4. The predicted molar refractivity (Wildman–Crippen MR) is 102 cm³/mol. The lowest BCUT2D eigenvalue weighted by atomic mass is 9.99. The van der Waals surface area contributed by atoms with Crippen molar-refractivity contribution in [2.75, 3.05) is 18.4 Å². The van der Waals surface area contributed by atoms with Crippen LogP contribution in [0, 0.1) is 5.92 Å². The molecular formula is C18H22F3N5O3S. The van der Waals surface area contributed by atoms with Crippen LogP contribution in [0.2, 0.25) is 0 Å². The summed E-state index contributed by atoms with van der Waals surface area (Å²) in [4.78, 5) is 20.1. The Labute approximate surface area is 172 Å². The molecule has 3 rings (SSSR count). The van der Waals surface area contributed by atoms with Crippen LogP contribution < -0.4 is 5.32 Å². The van der Waals surface area contributed by atoms with Gasteiger partial charge in [-0.15, -0.1) is 0 Å². The fourth-order valence-corrected chi connectivity index (χ4v) is 4.55. The molecule has 1 atom stereocenters. The van der Waals surface area contributed by atoms with Crippen molar-refractivity contribution in [2.45, 2.75) is 43.9 Å². The molecule has 12 heteroatoms. The number of carbonyl (C=O) groups excluding carboxylic acids is 1. The number of carbonyl (C=O) groups is 1. The van der Waals surface area contributed by atoms with Gasteiger partial charge >= 0.3 is 6.18 Å². The number of hydrogen-bond acceptors (Lipinski definition) is 5. The first-order valence-corrected chi connectivity index (χ1v) is 10.8. The van der Waals surface area contributed by atoms with Gasteiger partial charge in [0.15, 0.2) is 5.03 Å². The highest BCUT2D eigenvalue weighted by atomic mass is 32.2. The Hall–Kier alpha value is -2.47. The summed E-state index contributed by atoms with van der Waals surface area (Å²) in [6.07, 6.45) is -0.0477. The lowest BCUT2D eigenvalue weighted by Crippen LogP contribution is -2.43. The summed E-state index contributed by atoms with van der Waals surface area (Å²) in [5, 5.41) is 2.38. The zero-order chi connectivity index (χ0) is 22.1. The van der Waals surface area contributed by atoms with Crippen LogP contribution >= 0.6 is 0 Å². The number of aromatic nitrogens is 3. The maximum atomic E-state index is 12.9. The van der Waals surface area contributed by atoms with E-state index in [4.69, 9.17) is 0 Å². The average Bonchev–Trinajstić information content (AvgIpc) is 3.19. The minimum atomic E-state index is -4.52. The van der Waals surface area contributed by atoms with Gasteiger partial charge in [0.05, 0.1) is 17.8 Å². The second-order valence-electron chi connectivity index (χ2n) is 7.37. The summed E-state index contributed by atoms with van der Waals surface area (Å²) in [7, 11) is -3.86.